The van der Waals surface area contributed by atoms with Crippen molar-refractivity contribution in [3.8, 4) is 0 Å². The van der Waals surface area contributed by atoms with Gasteiger partial charge in [0.2, 0.25) is 0 Å². The van der Waals surface area contributed by atoms with Crippen LogP contribution in [0.3, 0.4) is 0 Å². The van der Waals surface area contributed by atoms with Crippen LogP contribution in [0.15, 0.2) is 12.8 Å². The Kier molecular flexibility index (Phi) is 2.55. The molecule has 0 saturated carbocycles. The summed E-state index contributed by atoms with van der Waals surface area (Å²) in [6.07, 6.45) is 1.40. The van der Waals surface area contributed by atoms with Gasteiger partial charge in [-0.3, -0.25) is 0 Å². The number of hydrogen-bond donors (Lipinski definition) is 1. The first-order chi connectivity index (χ1) is 3.56. The van der Waals surface area contributed by atoms with E-state index in [-0.39, 0.29) is 5.54 Å². The molecule has 2 N–H and O–H groups in total. The van der Waals surface area contributed by atoms with Gasteiger partial charge in [-0.05, 0) is 13.8 Å². The average Bonchev–Trinajstić information content (AvgIpc) is 1.59. The minimum atomic E-state index is -0.242. The van der Waals surface area contributed by atoms with Gasteiger partial charge < -0.3 is 10.5 Å². The lowest BCUT2D eigenvalue weighted by Gasteiger charge is -2.16. The molecule has 48 valence electrons. The molecule has 0 bridgehead atoms. The molecule has 0 aromatic carbocycles. The van der Waals surface area contributed by atoms with E-state index in [9.17, 15) is 0 Å². The van der Waals surface area contributed by atoms with Gasteiger partial charge in [0.05, 0.1) is 6.26 Å². The van der Waals surface area contributed by atoms with Crippen LogP contribution in [-0.4, -0.2) is 12.1 Å². The van der Waals surface area contributed by atoms with Gasteiger partial charge in [0.15, 0.2) is 0 Å². The first kappa shape index (κ1) is 7.50. The van der Waals surface area contributed by atoms with Crippen molar-refractivity contribution >= 4 is 0 Å². The number of nitrogens with two attached hydrogens (primary N) is 1. The topological polar surface area (TPSA) is 35.2 Å². The van der Waals surface area contributed by atoms with Gasteiger partial charge in [0.25, 0.3) is 0 Å². The third-order valence-electron chi connectivity index (χ3n) is 0.573. The van der Waals surface area contributed by atoms with Crippen LogP contribution >= 0.6 is 0 Å². The Balaban J connectivity index is 3.24. The molecule has 2 nitrogen and oxygen atoms in total. The molecule has 0 spiro atoms. The lowest BCUT2D eigenvalue weighted by atomic mass is 10.1. The fourth-order valence-corrected chi connectivity index (χ4v) is 0.274. The summed E-state index contributed by atoms with van der Waals surface area (Å²) < 4.78 is 4.84. The summed E-state index contributed by atoms with van der Waals surface area (Å²) in [6, 6.07) is 0. The summed E-state index contributed by atoms with van der Waals surface area (Å²) in [6.45, 7) is 7.71. The minimum Gasteiger partial charge on any atom is -0.500 e. The van der Waals surface area contributed by atoms with Gasteiger partial charge in [-0.15, -0.1) is 0 Å². The van der Waals surface area contributed by atoms with Crippen LogP contribution in [0.4, 0.5) is 0 Å². The van der Waals surface area contributed by atoms with E-state index < -0.39 is 0 Å². The van der Waals surface area contributed by atoms with E-state index in [0.717, 1.165) is 0 Å². The molecule has 0 unspecified atom stereocenters. The van der Waals surface area contributed by atoms with Crippen LogP contribution in [0.5, 0.6) is 0 Å². The second-order valence-corrected chi connectivity index (χ2v) is 2.47. The molecular formula is C6H13NO. The molecule has 0 heterocycles. The molecule has 2 heteroatoms. The second-order valence-electron chi connectivity index (χ2n) is 2.47. The Labute approximate surface area is 50.3 Å². The van der Waals surface area contributed by atoms with Crippen molar-refractivity contribution in [2.45, 2.75) is 19.4 Å². The molecule has 0 aliphatic carbocycles. The van der Waals surface area contributed by atoms with Crippen LogP contribution in [-0.2, 0) is 4.74 Å². The fraction of sp³-hybridized carbons (Fsp3) is 0.667. The van der Waals surface area contributed by atoms with Crippen LogP contribution < -0.4 is 5.73 Å². The lowest BCUT2D eigenvalue weighted by molar-refractivity contribution is 0.191. The average molecular weight is 115 g/mol. The summed E-state index contributed by atoms with van der Waals surface area (Å²) >= 11 is 0. The summed E-state index contributed by atoms with van der Waals surface area (Å²) in [5, 5.41) is 0. The Morgan fingerprint density at radius 1 is 1.75 bits per heavy atom. The number of ether oxygens (including phenoxy) is 1. The molecule has 0 aromatic rings. The Morgan fingerprint density at radius 2 is 2.25 bits per heavy atom. The molecule has 0 aliphatic rings. The van der Waals surface area contributed by atoms with Crippen molar-refractivity contribution in [1.82, 2.24) is 0 Å². The lowest BCUT2D eigenvalue weighted by Crippen LogP contribution is -2.36. The Hall–Kier alpha value is -0.500. The van der Waals surface area contributed by atoms with Gasteiger partial charge in [-0.2, -0.15) is 0 Å². The summed E-state index contributed by atoms with van der Waals surface area (Å²) in [4.78, 5) is 0. The van der Waals surface area contributed by atoms with Crippen LogP contribution in [0.25, 0.3) is 0 Å². The van der Waals surface area contributed by atoms with Crippen LogP contribution in [0.2, 0.25) is 0 Å². The van der Waals surface area contributed by atoms with Crippen molar-refractivity contribution < 1.29 is 4.74 Å². The van der Waals surface area contributed by atoms with Gasteiger partial charge in [-0.1, -0.05) is 6.58 Å². The van der Waals surface area contributed by atoms with Crippen molar-refractivity contribution in [2.75, 3.05) is 6.61 Å². The first-order valence-corrected chi connectivity index (χ1v) is 2.57. The molecule has 0 aliphatic heterocycles. The van der Waals surface area contributed by atoms with Crippen LogP contribution in [0, 0.1) is 0 Å². The highest BCUT2D eigenvalue weighted by Crippen LogP contribution is 1.95. The maximum Gasteiger partial charge on any atom is 0.105 e. The molecule has 0 rings (SSSR count). The van der Waals surface area contributed by atoms with E-state index in [2.05, 4.69) is 6.58 Å². The molecule has 0 fully saturated rings. The molecule has 0 saturated heterocycles. The van der Waals surface area contributed by atoms with Crippen LogP contribution in [0.1, 0.15) is 13.8 Å². The molecule has 0 aromatic heterocycles. The second kappa shape index (κ2) is 2.72. The van der Waals surface area contributed by atoms with E-state index in [1.165, 1.54) is 6.26 Å². The molecular weight excluding hydrogens is 102 g/mol. The Bertz CT molecular complexity index is 73.1. The minimum absolute atomic E-state index is 0.242. The normalized spacial score (nSPS) is 10.9. The fourth-order valence-electron chi connectivity index (χ4n) is 0.274. The van der Waals surface area contributed by atoms with Crippen molar-refractivity contribution in [1.29, 1.82) is 0 Å². The highest BCUT2D eigenvalue weighted by Gasteiger charge is 2.08. The highest BCUT2D eigenvalue weighted by molar-refractivity contribution is 4.71. The maximum absolute atomic E-state index is 5.55. The molecule has 0 radical (unpaired) electrons. The van der Waals surface area contributed by atoms with Crippen molar-refractivity contribution in [3.63, 3.8) is 0 Å². The smallest absolute Gasteiger partial charge is 0.105 e. The zero-order valence-corrected chi connectivity index (χ0v) is 5.48. The van der Waals surface area contributed by atoms with Gasteiger partial charge >= 0.3 is 0 Å². The van der Waals surface area contributed by atoms with Crippen molar-refractivity contribution in [2.24, 2.45) is 5.73 Å². The maximum atomic E-state index is 5.55. The largest absolute Gasteiger partial charge is 0.500 e. The quantitative estimate of drug-likeness (QED) is 0.554. The molecule has 8 heavy (non-hydrogen) atoms. The van der Waals surface area contributed by atoms with E-state index >= 15 is 0 Å². The van der Waals surface area contributed by atoms with E-state index in [1.54, 1.807) is 0 Å². The SMILES string of the molecule is C=COCC(C)(C)N. The van der Waals surface area contributed by atoms with E-state index in [0.29, 0.717) is 6.61 Å². The number of rotatable bonds is 3. The third-order valence-corrected chi connectivity index (χ3v) is 0.573. The van der Waals surface area contributed by atoms with E-state index in [1.807, 2.05) is 13.8 Å². The summed E-state index contributed by atoms with van der Waals surface area (Å²) in [7, 11) is 0. The monoisotopic (exact) mass is 115 g/mol. The molecule has 0 amide bonds. The Morgan fingerprint density at radius 3 is 2.38 bits per heavy atom. The number of hydrogen-bond acceptors (Lipinski definition) is 2. The third kappa shape index (κ3) is 5.50. The van der Waals surface area contributed by atoms with E-state index in [4.69, 9.17) is 10.5 Å². The van der Waals surface area contributed by atoms with Crippen molar-refractivity contribution in [3.05, 3.63) is 12.8 Å². The zero-order chi connectivity index (χ0) is 6.62. The van der Waals surface area contributed by atoms with Gasteiger partial charge in [-0.25, -0.2) is 0 Å². The summed E-state index contributed by atoms with van der Waals surface area (Å²) in [5.41, 5.74) is 5.31. The van der Waals surface area contributed by atoms with Gasteiger partial charge in [0.1, 0.15) is 6.61 Å². The highest BCUT2D eigenvalue weighted by atomic mass is 16.5. The zero-order valence-electron chi connectivity index (χ0n) is 5.48. The predicted molar refractivity (Wildman–Crippen MR) is 34.4 cm³/mol. The predicted octanol–water partition coefficient (Wildman–Crippen LogP) is 0.884. The molecule has 0 atom stereocenters. The first-order valence-electron chi connectivity index (χ1n) is 2.57. The van der Waals surface area contributed by atoms with Gasteiger partial charge in [0, 0.05) is 5.54 Å². The summed E-state index contributed by atoms with van der Waals surface area (Å²) in [5.74, 6) is 0. The standard InChI is InChI=1S/C6H13NO/c1-4-8-5-6(2,3)7/h4H,1,5,7H2,2-3H3.